The number of hydrogen-bond acceptors (Lipinski definition) is 17. The summed E-state index contributed by atoms with van der Waals surface area (Å²) in [7, 11) is -7.79. The fraction of sp³-hybridized carbons (Fsp3) is 0.333. The number of hydrogen-bond donors (Lipinski definition) is 6. The van der Waals surface area contributed by atoms with E-state index in [9.17, 15) is 36.0 Å². The first-order chi connectivity index (χ1) is 33.8. The molecule has 6 rings (SSSR count). The number of sulfonamides is 2. The summed E-state index contributed by atoms with van der Waals surface area (Å²) in [5.41, 5.74) is 6.71. The van der Waals surface area contributed by atoms with Crippen molar-refractivity contribution in [1.82, 2.24) is 29.4 Å². The molecule has 7 N–H and O–H groups in total. The molecule has 25 heteroatoms. The Bertz CT molecular complexity index is 3130. The highest BCUT2D eigenvalue weighted by atomic mass is 35.5. The van der Waals surface area contributed by atoms with Crippen LogP contribution in [0.4, 0.5) is 32.6 Å². The summed E-state index contributed by atoms with van der Waals surface area (Å²) in [6, 6.07) is 16.4. The maximum atomic E-state index is 13.3. The van der Waals surface area contributed by atoms with E-state index in [2.05, 4.69) is 50.1 Å². The Kier molecular flexibility index (Phi) is 20.3. The Morgan fingerprint density at radius 2 is 1.01 bits per heavy atom. The first-order valence-corrected chi connectivity index (χ1v) is 27.1. The largest absolute Gasteiger partial charge is 0.451 e. The van der Waals surface area contributed by atoms with Crippen molar-refractivity contribution in [3.63, 3.8) is 0 Å². The number of anilines is 4. The molecule has 0 aliphatic rings. The quantitative estimate of drug-likeness (QED) is 0.0586. The van der Waals surface area contributed by atoms with Gasteiger partial charge in [-0.2, -0.15) is 0 Å². The van der Waals surface area contributed by atoms with E-state index in [0.717, 1.165) is 5.56 Å². The van der Waals surface area contributed by atoms with Crippen molar-refractivity contribution in [2.24, 2.45) is 0 Å². The highest BCUT2D eigenvalue weighted by Gasteiger charge is 2.28. The van der Waals surface area contributed by atoms with E-state index in [0.29, 0.717) is 59.5 Å². The molecular formula is C48H59ClN10O10S4. The Morgan fingerprint density at radius 1 is 0.589 bits per heavy atom. The van der Waals surface area contributed by atoms with Gasteiger partial charge < -0.3 is 25.8 Å². The van der Waals surface area contributed by atoms with Crippen molar-refractivity contribution >= 4 is 101 Å². The van der Waals surface area contributed by atoms with Crippen LogP contribution in [0.3, 0.4) is 0 Å². The molecule has 0 fully saturated rings. The van der Waals surface area contributed by atoms with Crippen molar-refractivity contribution < 1.29 is 45.5 Å². The normalized spacial score (nSPS) is 11.7. The predicted molar refractivity (Wildman–Crippen MR) is 287 cm³/mol. The van der Waals surface area contributed by atoms with E-state index >= 15 is 0 Å². The van der Waals surface area contributed by atoms with E-state index in [1.165, 1.54) is 48.7 Å². The summed E-state index contributed by atoms with van der Waals surface area (Å²) < 4.78 is 67.5. The standard InChI is InChI=1S/C24H29N5O5S2.C20H23N5O3S2.C4H7ClO2/c1-14(2)34-23(31)28-21-10-7-16(12-25-21)22-26-13-19(35-22)18-9-8-17(27-15(3)30)11-20(18)36(32,33)29-24(4,5)6;1-12(26)24-14-6-7-15(17(9-14)30(27,28)25-20(2,3)4)16-11-23-19(29-16)13-5-8-18(21)22-10-13;1-3(2)7-4(5)6/h7-14,29H,1-6H3,(H,27,30)(H,25,28,31);5-11,25H,1-4H3,(H2,21,22)(H,24,26);3H,1-2H3. The molecule has 0 atom stereocenters. The third-order valence-corrected chi connectivity index (χ3v) is 14.4. The zero-order chi connectivity index (χ0) is 54.6. The number of carbonyl (C=O) groups is 4. The molecule has 3 amide bonds. The second-order valence-corrected chi connectivity index (χ2v) is 24.1. The lowest BCUT2D eigenvalue weighted by molar-refractivity contribution is -0.115. The summed E-state index contributed by atoms with van der Waals surface area (Å²) in [5, 5.41) is 9.12. The first-order valence-electron chi connectivity index (χ1n) is 22.2. The molecule has 0 radical (unpaired) electrons. The molecular weight excluding hydrogens is 1040 g/mol. The summed E-state index contributed by atoms with van der Waals surface area (Å²) in [6.45, 7) is 20.2. The minimum atomic E-state index is -3.92. The summed E-state index contributed by atoms with van der Waals surface area (Å²) in [5.74, 6) is 0.144. The number of ether oxygens (including phenoxy) is 2. The van der Waals surface area contributed by atoms with Gasteiger partial charge in [-0.15, -0.1) is 22.7 Å². The number of amides is 3. The van der Waals surface area contributed by atoms with Gasteiger partial charge in [0.05, 0.1) is 31.8 Å². The van der Waals surface area contributed by atoms with Crippen molar-refractivity contribution in [2.75, 3.05) is 21.7 Å². The van der Waals surface area contributed by atoms with Gasteiger partial charge in [0.2, 0.25) is 31.9 Å². The average molecular weight is 1100 g/mol. The lowest BCUT2D eigenvalue weighted by Gasteiger charge is -2.22. The Morgan fingerprint density at radius 3 is 1.34 bits per heavy atom. The SMILES string of the molecule is CC(=O)Nc1ccc(-c2cnc(-c3ccc(N)nc3)s2)c(S(=O)(=O)NC(C)(C)C)c1.CC(=O)Nc1ccc(-c2cnc(-c3ccc(NC(=O)OC(C)C)nc3)s2)c(S(=O)(=O)NC(C)(C)C)c1.CC(C)OC(=O)Cl. The van der Waals surface area contributed by atoms with E-state index in [4.69, 9.17) is 22.1 Å². The van der Waals surface area contributed by atoms with Crippen LogP contribution in [-0.2, 0) is 39.1 Å². The molecule has 0 aliphatic heterocycles. The molecule has 20 nitrogen and oxygen atoms in total. The Labute approximate surface area is 438 Å². The highest BCUT2D eigenvalue weighted by Crippen LogP contribution is 2.39. The van der Waals surface area contributed by atoms with Gasteiger partial charge in [0, 0.05) is 94.9 Å². The van der Waals surface area contributed by atoms with Crippen LogP contribution < -0.4 is 31.1 Å². The van der Waals surface area contributed by atoms with Crippen LogP contribution in [0.5, 0.6) is 0 Å². The van der Waals surface area contributed by atoms with Gasteiger partial charge >= 0.3 is 11.5 Å². The molecule has 4 heterocycles. The summed E-state index contributed by atoms with van der Waals surface area (Å²) in [6.07, 6.45) is 5.45. The van der Waals surface area contributed by atoms with E-state index in [1.54, 1.807) is 136 Å². The molecule has 6 aromatic rings. The van der Waals surface area contributed by atoms with E-state index in [-0.39, 0.29) is 33.8 Å². The van der Waals surface area contributed by atoms with Gasteiger partial charge in [0.25, 0.3) is 0 Å². The molecule has 0 unspecified atom stereocenters. The van der Waals surface area contributed by atoms with Crippen LogP contribution in [0.15, 0.2) is 95.2 Å². The smallest absolute Gasteiger partial charge is 0.413 e. The van der Waals surface area contributed by atoms with Gasteiger partial charge in [-0.25, -0.2) is 55.8 Å². The second kappa shape index (κ2) is 25.0. The average Bonchev–Trinajstić information content (AvgIpc) is 3.94. The molecule has 73 heavy (non-hydrogen) atoms. The van der Waals surface area contributed by atoms with Crippen LogP contribution >= 0.6 is 34.3 Å². The number of nitrogens with zero attached hydrogens (tertiary/aromatic N) is 4. The lowest BCUT2D eigenvalue weighted by atomic mass is 10.1. The van der Waals surface area contributed by atoms with Crippen molar-refractivity contribution in [3.05, 3.63) is 85.5 Å². The minimum Gasteiger partial charge on any atom is -0.451 e. The molecule has 0 saturated heterocycles. The molecule has 4 aromatic heterocycles. The number of benzene rings is 2. The number of aromatic nitrogens is 4. The zero-order valence-corrected chi connectivity index (χ0v) is 46.2. The molecule has 0 saturated carbocycles. The number of nitrogen functional groups attached to an aromatic ring is 1. The minimum absolute atomic E-state index is 0.0280. The molecule has 2 aromatic carbocycles. The van der Waals surface area contributed by atoms with Gasteiger partial charge in [-0.1, -0.05) is 12.1 Å². The fourth-order valence-corrected chi connectivity index (χ4v) is 11.6. The topological polar surface area (TPSA) is 293 Å². The maximum Gasteiger partial charge on any atom is 0.413 e. The van der Waals surface area contributed by atoms with Gasteiger partial charge in [0.15, 0.2) is 0 Å². The third-order valence-electron chi connectivity index (χ3n) is 8.55. The van der Waals surface area contributed by atoms with Crippen LogP contribution in [0, 0.1) is 0 Å². The number of halogens is 1. The summed E-state index contributed by atoms with van der Waals surface area (Å²) in [4.78, 5) is 63.1. The number of nitrogens with two attached hydrogens (primary N) is 1. The van der Waals surface area contributed by atoms with Crippen molar-refractivity contribution in [2.45, 2.75) is 116 Å². The fourth-order valence-electron chi connectivity index (χ4n) is 6.10. The summed E-state index contributed by atoms with van der Waals surface area (Å²) >= 11 is 7.45. The van der Waals surface area contributed by atoms with Gasteiger partial charge in [-0.05, 0) is 118 Å². The number of thiazole rings is 2. The number of rotatable bonds is 13. The molecule has 0 aliphatic carbocycles. The van der Waals surface area contributed by atoms with Crippen LogP contribution in [0.1, 0.15) is 83.1 Å². The Hall–Kier alpha value is -6.41. The number of carbonyl (C=O) groups excluding carboxylic acids is 4. The zero-order valence-electron chi connectivity index (χ0n) is 42.2. The predicted octanol–water partition coefficient (Wildman–Crippen LogP) is 10.1. The van der Waals surface area contributed by atoms with Crippen LogP contribution in [0.2, 0.25) is 0 Å². The lowest BCUT2D eigenvalue weighted by Crippen LogP contribution is -2.40. The second-order valence-electron chi connectivity index (χ2n) is 18.4. The maximum absolute atomic E-state index is 13.3. The number of nitrogens with one attached hydrogen (secondary N) is 5. The van der Waals surface area contributed by atoms with Crippen LogP contribution in [-0.4, -0.2) is 83.4 Å². The van der Waals surface area contributed by atoms with E-state index < -0.39 is 42.6 Å². The Balaban J connectivity index is 0.000000283. The molecule has 0 bridgehead atoms. The van der Waals surface area contributed by atoms with Crippen molar-refractivity contribution in [3.8, 4) is 42.0 Å². The van der Waals surface area contributed by atoms with Gasteiger partial charge in [0.1, 0.15) is 21.7 Å². The number of pyridine rings is 2. The monoisotopic (exact) mass is 1100 g/mol. The molecule has 392 valence electrons. The van der Waals surface area contributed by atoms with Gasteiger partial charge in [-0.3, -0.25) is 14.9 Å². The first kappa shape index (κ1) is 59.2. The van der Waals surface area contributed by atoms with Crippen molar-refractivity contribution in [1.29, 1.82) is 0 Å². The van der Waals surface area contributed by atoms with Crippen LogP contribution in [0.25, 0.3) is 42.0 Å². The van der Waals surface area contributed by atoms with E-state index in [1.807, 2.05) is 6.07 Å². The third kappa shape index (κ3) is 19.2. The highest BCUT2D eigenvalue weighted by molar-refractivity contribution is 7.90. The molecule has 0 spiro atoms.